The molecule has 0 unspecified atom stereocenters. The van der Waals surface area contributed by atoms with Gasteiger partial charge in [0.2, 0.25) is 5.43 Å². The van der Waals surface area contributed by atoms with Crippen LogP contribution in [0.2, 0.25) is 0 Å². The largest absolute Gasteiger partial charge is 0.482 e. The topological polar surface area (TPSA) is 104 Å². The minimum atomic E-state index is -0.914. The van der Waals surface area contributed by atoms with Crippen LogP contribution in [0, 0.1) is 11.6 Å². The van der Waals surface area contributed by atoms with Gasteiger partial charge in [0, 0.05) is 25.8 Å². The minimum Gasteiger partial charge on any atom is -0.482 e. The molecule has 37 heavy (non-hydrogen) atoms. The molecule has 0 aliphatic heterocycles. The highest BCUT2D eigenvalue weighted by Gasteiger charge is 2.26. The number of carbonyl (C=O) groups excluding carboxylic acids is 3. The molecule has 0 spiro atoms. The molecule has 8 nitrogen and oxygen atoms in total. The Hall–Kier alpha value is -4.34. The highest BCUT2D eigenvalue weighted by atomic mass is 19.1. The van der Waals surface area contributed by atoms with Gasteiger partial charge >= 0.3 is 5.97 Å². The van der Waals surface area contributed by atoms with Crippen molar-refractivity contribution in [3.8, 4) is 5.75 Å². The molecular weight excluding hydrogens is 486 g/mol. The Bertz CT molecular complexity index is 1300. The van der Waals surface area contributed by atoms with Gasteiger partial charge in [-0.1, -0.05) is 50.2 Å². The lowest BCUT2D eigenvalue weighted by Gasteiger charge is -2.17. The number of aldehydes is 1. The molecule has 0 aliphatic carbocycles. The van der Waals surface area contributed by atoms with E-state index in [0.717, 1.165) is 22.9 Å². The van der Waals surface area contributed by atoms with Crippen molar-refractivity contribution in [3.63, 3.8) is 0 Å². The second-order valence-corrected chi connectivity index (χ2v) is 7.28. The van der Waals surface area contributed by atoms with Gasteiger partial charge in [0.05, 0.1) is 13.2 Å². The van der Waals surface area contributed by atoms with Crippen molar-refractivity contribution in [2.24, 2.45) is 0 Å². The summed E-state index contributed by atoms with van der Waals surface area (Å²) >= 11 is 0. The number of amides is 1. The third-order valence-corrected chi connectivity index (χ3v) is 4.90. The highest BCUT2D eigenvalue weighted by molar-refractivity contribution is 5.97. The first-order valence-corrected chi connectivity index (χ1v) is 11.6. The van der Waals surface area contributed by atoms with E-state index in [1.54, 1.807) is 37.3 Å². The zero-order valence-corrected chi connectivity index (χ0v) is 20.8. The molecule has 0 atom stereocenters. The third-order valence-electron chi connectivity index (χ3n) is 4.90. The van der Waals surface area contributed by atoms with E-state index >= 15 is 0 Å². The number of benzene rings is 2. The van der Waals surface area contributed by atoms with Crippen LogP contribution in [0.25, 0.3) is 0 Å². The number of aromatic nitrogens is 1. The van der Waals surface area contributed by atoms with Gasteiger partial charge in [0.1, 0.15) is 30.1 Å². The molecule has 10 heteroatoms. The fraction of sp³-hybridized carbons (Fsp3) is 0.259. The lowest BCUT2D eigenvalue weighted by atomic mass is 10.1. The van der Waals surface area contributed by atoms with Gasteiger partial charge in [-0.15, -0.1) is 0 Å². The van der Waals surface area contributed by atoms with Gasteiger partial charge in [-0.2, -0.15) is 0 Å². The molecule has 3 aromatic rings. The Morgan fingerprint density at radius 2 is 1.81 bits per heavy atom. The minimum absolute atomic E-state index is 0. The lowest BCUT2D eigenvalue weighted by molar-refractivity contribution is -0.108. The molecule has 1 N–H and O–H groups in total. The van der Waals surface area contributed by atoms with Gasteiger partial charge in [-0.25, -0.2) is 13.6 Å². The monoisotopic (exact) mass is 516 g/mol. The van der Waals surface area contributed by atoms with E-state index in [1.807, 2.05) is 13.8 Å². The molecule has 1 amide bonds. The number of rotatable bonds is 10. The molecule has 2 aromatic carbocycles. The average molecular weight is 517 g/mol. The van der Waals surface area contributed by atoms with Crippen LogP contribution >= 0.6 is 0 Å². The van der Waals surface area contributed by atoms with Gasteiger partial charge < -0.3 is 24.2 Å². The van der Waals surface area contributed by atoms with Crippen molar-refractivity contribution in [2.75, 3.05) is 6.61 Å². The van der Waals surface area contributed by atoms with E-state index in [2.05, 4.69) is 5.32 Å². The molecule has 1 heterocycles. The maximum Gasteiger partial charge on any atom is 0.359 e. The van der Waals surface area contributed by atoms with Crippen molar-refractivity contribution >= 4 is 18.2 Å². The molecule has 0 radical (unpaired) electrons. The van der Waals surface area contributed by atoms with Crippen LogP contribution < -0.4 is 15.5 Å². The fourth-order valence-electron chi connectivity index (χ4n) is 3.23. The summed E-state index contributed by atoms with van der Waals surface area (Å²) in [5.74, 6) is -3.92. The van der Waals surface area contributed by atoms with Crippen molar-refractivity contribution in [2.45, 2.75) is 40.5 Å². The van der Waals surface area contributed by atoms with E-state index in [1.165, 1.54) is 0 Å². The van der Waals surface area contributed by atoms with Crippen LogP contribution in [0.1, 0.15) is 54.2 Å². The summed E-state index contributed by atoms with van der Waals surface area (Å²) in [5, 5.41) is 2.39. The van der Waals surface area contributed by atoms with Gasteiger partial charge in [0.25, 0.3) is 5.91 Å². The Balaban J connectivity index is 0.00000235. The number of esters is 1. The summed E-state index contributed by atoms with van der Waals surface area (Å²) in [5.41, 5.74) is -0.989. The first-order chi connectivity index (χ1) is 17.8. The average Bonchev–Trinajstić information content (AvgIpc) is 2.90. The fourth-order valence-corrected chi connectivity index (χ4v) is 3.23. The highest BCUT2D eigenvalue weighted by Crippen LogP contribution is 2.19. The normalized spacial score (nSPS) is 10.1. The van der Waals surface area contributed by atoms with Crippen LogP contribution in [0.5, 0.6) is 5.75 Å². The summed E-state index contributed by atoms with van der Waals surface area (Å²) < 4.78 is 38.8. The number of carbonyl (C=O) groups is 3. The Morgan fingerprint density at radius 3 is 2.43 bits per heavy atom. The number of nitrogens with zero attached hydrogens (tertiary/aromatic N) is 1. The van der Waals surface area contributed by atoms with E-state index in [4.69, 9.17) is 9.47 Å². The smallest absolute Gasteiger partial charge is 0.359 e. The van der Waals surface area contributed by atoms with Crippen LogP contribution in [0.3, 0.4) is 0 Å². The number of halogens is 2. The summed E-state index contributed by atoms with van der Waals surface area (Å²) in [6, 6.07) is 11.6. The second-order valence-electron chi connectivity index (χ2n) is 7.28. The maximum atomic E-state index is 13.9. The van der Waals surface area contributed by atoms with E-state index in [9.17, 15) is 28.0 Å². The SMILES string of the molecule is CC.CCOC(=O)c1c(OCc2ccccc2)c(=O)c(C(=O)NCc2ccc(F)cc2F)cn1CC=O.[HH]. The number of pyridine rings is 1. The zero-order chi connectivity index (χ0) is 27.4. The standard InChI is InChI=1S/C25H22F2N2O6.C2H6.H2/c1-2-34-25(33)21-23(35-15-16-6-4-3-5-7-16)22(31)19(14-29(21)10-11-30)24(32)28-13-17-8-9-18(26)12-20(17)27;1-2;/h3-9,11-12,14H,2,10,13,15H2,1H3,(H,28,32);1-2H3;1H. The maximum absolute atomic E-state index is 13.9. The predicted octanol–water partition coefficient (Wildman–Crippen LogP) is 4.28. The molecule has 0 saturated heterocycles. The quantitative estimate of drug-likeness (QED) is 0.319. The van der Waals surface area contributed by atoms with Crippen LogP contribution in [0.15, 0.2) is 59.5 Å². The second kappa shape index (κ2) is 14.3. The van der Waals surface area contributed by atoms with E-state index in [0.29, 0.717) is 17.9 Å². The summed E-state index contributed by atoms with van der Waals surface area (Å²) in [7, 11) is 0. The molecule has 0 fully saturated rings. The number of ether oxygens (including phenoxy) is 2. The van der Waals surface area contributed by atoms with Crippen molar-refractivity contribution in [3.05, 3.63) is 99.0 Å². The molecule has 3 rings (SSSR count). The number of hydrogen-bond donors (Lipinski definition) is 1. The molecule has 0 aliphatic rings. The Morgan fingerprint density at radius 1 is 1.11 bits per heavy atom. The first kappa shape index (κ1) is 28.9. The number of nitrogens with one attached hydrogen (secondary N) is 1. The van der Waals surface area contributed by atoms with Crippen LogP contribution in [-0.2, 0) is 29.2 Å². The third kappa shape index (κ3) is 7.57. The zero-order valence-electron chi connectivity index (χ0n) is 20.8. The van der Waals surface area contributed by atoms with E-state index in [-0.39, 0.29) is 39.0 Å². The molecule has 0 bridgehead atoms. The van der Waals surface area contributed by atoms with Crippen LogP contribution in [-0.4, -0.2) is 29.3 Å². The van der Waals surface area contributed by atoms with Crippen molar-refractivity contribution in [1.82, 2.24) is 9.88 Å². The summed E-state index contributed by atoms with van der Waals surface area (Å²) in [6.45, 7) is 4.76. The molecule has 0 saturated carbocycles. The lowest BCUT2D eigenvalue weighted by Crippen LogP contribution is -2.32. The van der Waals surface area contributed by atoms with Gasteiger partial charge in [-0.05, 0) is 18.6 Å². The van der Waals surface area contributed by atoms with Gasteiger partial charge in [0.15, 0.2) is 11.4 Å². The van der Waals surface area contributed by atoms with Crippen molar-refractivity contribution < 1.29 is 34.1 Å². The van der Waals surface area contributed by atoms with Crippen molar-refractivity contribution in [1.29, 1.82) is 0 Å². The Kier molecular flexibility index (Phi) is 11.1. The first-order valence-electron chi connectivity index (χ1n) is 11.6. The van der Waals surface area contributed by atoms with Crippen LogP contribution in [0.4, 0.5) is 8.78 Å². The molecule has 198 valence electrons. The predicted molar refractivity (Wildman–Crippen MR) is 134 cm³/mol. The summed E-state index contributed by atoms with van der Waals surface area (Å²) in [6.07, 6.45) is 1.51. The van der Waals surface area contributed by atoms with E-state index < -0.39 is 40.3 Å². The summed E-state index contributed by atoms with van der Waals surface area (Å²) in [4.78, 5) is 50.0. The Labute approximate surface area is 214 Å². The molecular formula is C27H30F2N2O6. The molecule has 1 aromatic heterocycles. The van der Waals surface area contributed by atoms with Gasteiger partial charge in [-0.3, -0.25) is 9.59 Å². The number of hydrogen-bond acceptors (Lipinski definition) is 6.